The van der Waals surface area contributed by atoms with Crippen molar-refractivity contribution in [3.8, 4) is 11.9 Å². The molecule has 1 aromatic heterocycles. The van der Waals surface area contributed by atoms with Gasteiger partial charge in [-0.05, 0) is 67.7 Å². The fourth-order valence-corrected chi connectivity index (χ4v) is 5.59. The van der Waals surface area contributed by atoms with Crippen LogP contribution in [0.25, 0.3) is 0 Å². The fourth-order valence-electron chi connectivity index (χ4n) is 5.59. The average Bonchev–Trinajstić information content (AvgIpc) is 3.34. The van der Waals surface area contributed by atoms with Gasteiger partial charge in [0.1, 0.15) is 17.7 Å². The van der Waals surface area contributed by atoms with Crippen LogP contribution in [0.2, 0.25) is 0 Å². The van der Waals surface area contributed by atoms with E-state index in [-0.39, 0.29) is 23.7 Å². The van der Waals surface area contributed by atoms with E-state index >= 15 is 0 Å². The third-order valence-corrected chi connectivity index (χ3v) is 7.30. The first-order valence-corrected chi connectivity index (χ1v) is 11.3. The predicted molar refractivity (Wildman–Crippen MR) is 116 cm³/mol. The second kappa shape index (κ2) is 8.54. The van der Waals surface area contributed by atoms with Gasteiger partial charge in [-0.2, -0.15) is 10.4 Å². The molecule has 0 bridgehead atoms. The minimum absolute atomic E-state index is 0.0803. The number of benzene rings is 1. The molecule has 170 valence electrons. The first kappa shape index (κ1) is 21.5. The molecule has 3 aliphatic rings. The van der Waals surface area contributed by atoms with Crippen LogP contribution in [0.4, 0.5) is 8.78 Å². The zero-order valence-electron chi connectivity index (χ0n) is 18.2. The number of carbonyl (C=O) groups excluding carboxylic acids is 1. The third kappa shape index (κ3) is 3.97. The van der Waals surface area contributed by atoms with Crippen LogP contribution in [-0.2, 0) is 4.79 Å². The highest BCUT2D eigenvalue weighted by Gasteiger charge is 2.53. The number of ether oxygens (including phenoxy) is 1. The van der Waals surface area contributed by atoms with Crippen molar-refractivity contribution in [3.05, 3.63) is 58.8 Å². The average molecular weight is 450 g/mol. The van der Waals surface area contributed by atoms with E-state index in [1.165, 1.54) is 23.3 Å². The highest BCUT2D eigenvalue weighted by Crippen LogP contribution is 2.54. The number of nitrogens with zero attached hydrogens (tertiary/aromatic N) is 4. The molecule has 33 heavy (non-hydrogen) atoms. The number of rotatable bonds is 5. The van der Waals surface area contributed by atoms with Crippen molar-refractivity contribution in [1.82, 2.24) is 9.99 Å². The van der Waals surface area contributed by atoms with Gasteiger partial charge in [0.05, 0.1) is 18.2 Å². The molecule has 2 aromatic rings. The van der Waals surface area contributed by atoms with Crippen LogP contribution in [0.1, 0.15) is 48.4 Å². The smallest absolute Gasteiger partial charge is 0.246 e. The predicted octanol–water partition coefficient (Wildman–Crippen LogP) is 4.54. The molecule has 0 N–H and O–H groups in total. The molecule has 2 saturated carbocycles. The molecule has 2 aliphatic carbocycles. The van der Waals surface area contributed by atoms with Crippen LogP contribution >= 0.6 is 0 Å². The zero-order valence-corrected chi connectivity index (χ0v) is 18.2. The number of hydrogen-bond donors (Lipinski definition) is 0. The van der Waals surface area contributed by atoms with E-state index in [1.54, 1.807) is 12.3 Å². The standard InChI is InChI=1S/C25H24F2N4O2/c1-14-6-15(11-28)12-29-24(14)33-13-17-9-22(21-3-2-20(17)21)25(32)31-23(4-5-30-31)16-7-18(26)10-19(27)8-16/h5-8,10,12,17,20-23H,2-4,9,13H2,1H3/t17?,20?,21?,22-,23?/m0/s1. The van der Waals surface area contributed by atoms with Crippen molar-refractivity contribution in [1.29, 1.82) is 5.26 Å². The molecule has 0 radical (unpaired) electrons. The van der Waals surface area contributed by atoms with Crippen molar-refractivity contribution >= 4 is 12.1 Å². The van der Waals surface area contributed by atoms with Crippen molar-refractivity contribution in [3.63, 3.8) is 0 Å². The maximum Gasteiger partial charge on any atom is 0.246 e. The maximum absolute atomic E-state index is 13.8. The minimum Gasteiger partial charge on any atom is -0.477 e. The molecule has 2 fully saturated rings. The van der Waals surface area contributed by atoms with Gasteiger partial charge in [-0.25, -0.2) is 18.8 Å². The number of hydrogen-bond acceptors (Lipinski definition) is 5. The van der Waals surface area contributed by atoms with Gasteiger partial charge in [-0.15, -0.1) is 0 Å². The summed E-state index contributed by atoms with van der Waals surface area (Å²) in [5, 5.41) is 14.7. The molecule has 1 amide bonds. The number of carbonyl (C=O) groups is 1. The molecule has 6 nitrogen and oxygen atoms in total. The molecular weight excluding hydrogens is 426 g/mol. The molecule has 2 heterocycles. The molecule has 0 spiro atoms. The number of halogens is 2. The van der Waals surface area contributed by atoms with Crippen LogP contribution in [0.3, 0.4) is 0 Å². The lowest BCUT2D eigenvalue weighted by Gasteiger charge is -2.37. The van der Waals surface area contributed by atoms with Gasteiger partial charge < -0.3 is 4.74 Å². The molecule has 8 heteroatoms. The summed E-state index contributed by atoms with van der Waals surface area (Å²) < 4.78 is 33.5. The Kier molecular flexibility index (Phi) is 5.57. The number of aryl methyl sites for hydroxylation is 1. The van der Waals surface area contributed by atoms with Crippen LogP contribution < -0.4 is 4.74 Å². The van der Waals surface area contributed by atoms with E-state index in [9.17, 15) is 13.6 Å². The lowest BCUT2D eigenvalue weighted by molar-refractivity contribution is -0.139. The van der Waals surface area contributed by atoms with Crippen molar-refractivity contribution in [2.24, 2.45) is 28.8 Å². The Labute approximate surface area is 190 Å². The largest absolute Gasteiger partial charge is 0.477 e. The van der Waals surface area contributed by atoms with Gasteiger partial charge in [-0.3, -0.25) is 4.79 Å². The van der Waals surface area contributed by atoms with Gasteiger partial charge >= 0.3 is 0 Å². The molecular formula is C25H24F2N4O2. The highest BCUT2D eigenvalue weighted by atomic mass is 19.1. The summed E-state index contributed by atoms with van der Waals surface area (Å²) >= 11 is 0. The molecule has 5 atom stereocenters. The van der Waals surface area contributed by atoms with Gasteiger partial charge in [0.25, 0.3) is 0 Å². The second-order valence-electron chi connectivity index (χ2n) is 9.21. The van der Waals surface area contributed by atoms with Crippen molar-refractivity contribution < 1.29 is 18.3 Å². The molecule has 4 unspecified atom stereocenters. The van der Waals surface area contributed by atoms with Crippen LogP contribution in [0.15, 0.2) is 35.6 Å². The summed E-state index contributed by atoms with van der Waals surface area (Å²) in [6.45, 7) is 2.32. The van der Waals surface area contributed by atoms with E-state index < -0.39 is 17.7 Å². The third-order valence-electron chi connectivity index (χ3n) is 7.30. The number of nitriles is 1. The van der Waals surface area contributed by atoms with E-state index in [2.05, 4.69) is 16.2 Å². The van der Waals surface area contributed by atoms with Gasteiger partial charge in [0.15, 0.2) is 0 Å². The van der Waals surface area contributed by atoms with Crippen molar-refractivity contribution in [2.75, 3.05) is 6.61 Å². The second-order valence-corrected chi connectivity index (χ2v) is 9.21. The topological polar surface area (TPSA) is 78.6 Å². The van der Waals surface area contributed by atoms with E-state index in [0.717, 1.165) is 24.5 Å². The maximum atomic E-state index is 13.8. The normalized spacial score (nSPS) is 27.7. The molecule has 1 aromatic carbocycles. The van der Waals surface area contributed by atoms with Gasteiger partial charge in [-0.1, -0.05) is 0 Å². The van der Waals surface area contributed by atoms with Gasteiger partial charge in [0.2, 0.25) is 11.8 Å². The quantitative estimate of drug-likeness (QED) is 0.670. The SMILES string of the molecule is Cc1cc(C#N)cnc1OCC1C[C@H](C(=O)N2N=CCC2c2cc(F)cc(F)c2)C2CCC12. The number of aromatic nitrogens is 1. The first-order valence-electron chi connectivity index (χ1n) is 11.3. The summed E-state index contributed by atoms with van der Waals surface area (Å²) in [5.41, 5.74) is 1.72. The Morgan fingerprint density at radius 3 is 2.64 bits per heavy atom. The number of fused-ring (bicyclic) bond motifs is 1. The van der Waals surface area contributed by atoms with E-state index in [1.807, 2.05) is 6.92 Å². The van der Waals surface area contributed by atoms with E-state index in [0.29, 0.717) is 42.4 Å². The Morgan fingerprint density at radius 2 is 1.97 bits per heavy atom. The molecule has 0 saturated heterocycles. The fraction of sp³-hybridized carbons (Fsp3) is 0.440. The summed E-state index contributed by atoms with van der Waals surface area (Å²) in [6.07, 6.45) is 6.31. The number of pyridine rings is 1. The summed E-state index contributed by atoms with van der Waals surface area (Å²) in [4.78, 5) is 17.7. The summed E-state index contributed by atoms with van der Waals surface area (Å²) in [7, 11) is 0. The monoisotopic (exact) mass is 450 g/mol. The Hall–Kier alpha value is -3.34. The van der Waals surface area contributed by atoms with Crippen LogP contribution in [-0.4, -0.2) is 28.7 Å². The van der Waals surface area contributed by atoms with Crippen molar-refractivity contribution in [2.45, 2.75) is 38.6 Å². The highest BCUT2D eigenvalue weighted by molar-refractivity contribution is 5.82. The Balaban J connectivity index is 1.28. The van der Waals surface area contributed by atoms with E-state index in [4.69, 9.17) is 10.00 Å². The first-order chi connectivity index (χ1) is 15.9. The molecule has 5 rings (SSSR count). The number of amides is 1. The zero-order chi connectivity index (χ0) is 23.1. The summed E-state index contributed by atoms with van der Waals surface area (Å²) in [5.74, 6) is -0.146. The van der Waals surface area contributed by atoms with Crippen LogP contribution in [0.5, 0.6) is 5.88 Å². The molecule has 1 aliphatic heterocycles. The Morgan fingerprint density at radius 1 is 1.21 bits per heavy atom. The Bertz CT molecular complexity index is 1140. The number of hydrazone groups is 1. The minimum atomic E-state index is -0.659. The van der Waals surface area contributed by atoms with Gasteiger partial charge in [0, 0.05) is 36.4 Å². The summed E-state index contributed by atoms with van der Waals surface area (Å²) in [6, 6.07) is 6.70. The van der Waals surface area contributed by atoms with Crippen LogP contribution in [0, 0.1) is 53.6 Å². The lowest BCUT2D eigenvalue weighted by atomic mass is 9.70. The lowest BCUT2D eigenvalue weighted by Crippen LogP contribution is -2.38.